The Morgan fingerprint density at radius 3 is 0.976 bits per heavy atom. The van der Waals surface area contributed by atoms with Crippen LogP contribution in [0.1, 0.15) is 11.1 Å². The number of carbonyl (C=O) groups excluding carboxylic acids is 2. The molecule has 2 aromatic carbocycles. The van der Waals surface area contributed by atoms with Crippen molar-refractivity contribution in [1.82, 2.24) is 8.61 Å². The van der Waals surface area contributed by atoms with E-state index in [0.717, 1.165) is 61.0 Å². The van der Waals surface area contributed by atoms with Crippen LogP contribution in [0.3, 0.4) is 0 Å². The summed E-state index contributed by atoms with van der Waals surface area (Å²) in [5.41, 5.74) is -13.7. The normalized spacial score (nSPS) is 13.4. The van der Waals surface area contributed by atoms with Crippen LogP contribution in [0.5, 0.6) is 0 Å². The van der Waals surface area contributed by atoms with Gasteiger partial charge in [0.2, 0.25) is 0 Å². The number of amides is 2. The number of hydrogen-bond acceptors (Lipinski definition) is 10. The van der Waals surface area contributed by atoms with E-state index in [-0.39, 0.29) is 0 Å². The lowest BCUT2D eigenvalue weighted by Gasteiger charge is -2.27. The third kappa shape index (κ3) is 7.58. The number of rotatable bonds is 8. The zero-order valence-corrected chi connectivity index (χ0v) is 24.2. The summed E-state index contributed by atoms with van der Waals surface area (Å²) in [6.07, 6.45) is 1.49. The van der Waals surface area contributed by atoms with E-state index in [9.17, 15) is 69.6 Å². The molecular formula is C20H18F6N2O10S4. The number of nitrogens with zero attached hydrogens (tertiary/aromatic N) is 2. The largest absolute Gasteiger partial charge is 0.516 e. The van der Waals surface area contributed by atoms with Crippen LogP contribution >= 0.6 is 0 Å². The molecule has 0 saturated carbocycles. The Balaban J connectivity index is 2.65. The predicted molar refractivity (Wildman–Crippen MR) is 130 cm³/mol. The van der Waals surface area contributed by atoms with Crippen molar-refractivity contribution in [2.24, 2.45) is 0 Å². The lowest BCUT2D eigenvalue weighted by molar-refractivity contribution is -0.147. The van der Waals surface area contributed by atoms with Gasteiger partial charge in [-0.1, -0.05) is 24.3 Å². The summed E-state index contributed by atoms with van der Waals surface area (Å²) in [5, 5.41) is 0. The van der Waals surface area contributed by atoms with Crippen LogP contribution in [0.15, 0.2) is 58.3 Å². The van der Waals surface area contributed by atoms with E-state index in [0.29, 0.717) is 0 Å². The summed E-state index contributed by atoms with van der Waals surface area (Å²) < 4.78 is 173. The number of sulfone groups is 2. The van der Waals surface area contributed by atoms with Crippen molar-refractivity contribution >= 4 is 51.5 Å². The smallest absolute Gasteiger partial charge is 0.262 e. The summed E-state index contributed by atoms with van der Waals surface area (Å²) in [4.78, 5) is 24.8. The van der Waals surface area contributed by atoms with Gasteiger partial charge in [-0.3, -0.25) is 9.59 Å². The highest BCUT2D eigenvalue weighted by molar-refractivity contribution is 7.91. The summed E-state index contributed by atoms with van der Waals surface area (Å²) >= 11 is 0. The summed E-state index contributed by atoms with van der Waals surface area (Å²) in [7, 11) is -21.4. The number of halogens is 6. The molecule has 0 saturated heterocycles. The number of sulfonamides is 2. The molecule has 0 fully saturated rings. The van der Waals surface area contributed by atoms with Gasteiger partial charge in [-0.2, -0.15) is 43.2 Å². The van der Waals surface area contributed by atoms with Gasteiger partial charge in [0.15, 0.2) is 19.7 Å². The van der Waals surface area contributed by atoms with Crippen LogP contribution in [0.4, 0.5) is 26.3 Å². The van der Waals surface area contributed by atoms with E-state index in [2.05, 4.69) is 0 Å². The SMILES string of the molecule is CS(=O)(=O)c1ccc(CN(C(=O)C(=O)N(Cc2ccc(S(C)(=O)=O)cc2)S(=O)(=O)C(F)(F)F)S(=O)(=O)C(F)(F)F)cc1. The van der Waals surface area contributed by atoms with Gasteiger partial charge in [0, 0.05) is 12.5 Å². The topological polar surface area (TPSA) is 177 Å². The number of hydrogen-bond donors (Lipinski definition) is 0. The number of carbonyl (C=O) groups is 2. The van der Waals surface area contributed by atoms with E-state index >= 15 is 0 Å². The van der Waals surface area contributed by atoms with Crippen molar-refractivity contribution in [2.75, 3.05) is 12.5 Å². The lowest BCUT2D eigenvalue weighted by Crippen LogP contribution is -2.53. The first-order chi connectivity index (χ1) is 18.7. The molecule has 0 heterocycles. The summed E-state index contributed by atoms with van der Waals surface area (Å²) in [5.74, 6) is -5.72. The molecule has 22 heteroatoms. The molecule has 0 aliphatic carbocycles. The molecule has 12 nitrogen and oxygen atoms in total. The quantitative estimate of drug-likeness (QED) is 0.292. The van der Waals surface area contributed by atoms with Crippen molar-refractivity contribution < 1.29 is 69.6 Å². The Morgan fingerprint density at radius 1 is 0.548 bits per heavy atom. The molecule has 2 amide bonds. The van der Waals surface area contributed by atoms with Gasteiger partial charge in [0.1, 0.15) is 0 Å². The molecule has 0 N–H and O–H groups in total. The average molecular weight is 689 g/mol. The van der Waals surface area contributed by atoms with E-state index in [4.69, 9.17) is 0 Å². The van der Waals surface area contributed by atoms with Crippen molar-refractivity contribution in [3.8, 4) is 0 Å². The second-order valence-corrected chi connectivity index (χ2v) is 16.1. The fraction of sp³-hybridized carbons (Fsp3) is 0.300. The van der Waals surface area contributed by atoms with Gasteiger partial charge in [-0.15, -0.1) is 0 Å². The Hall–Kier alpha value is -3.24. The Labute approximate surface area is 235 Å². The second kappa shape index (κ2) is 11.4. The van der Waals surface area contributed by atoms with E-state index < -0.39 is 105 Å². The van der Waals surface area contributed by atoms with E-state index in [1.54, 1.807) is 0 Å². The monoisotopic (exact) mass is 688 g/mol. The minimum atomic E-state index is -6.85. The number of benzene rings is 2. The molecule has 234 valence electrons. The zero-order chi connectivity index (χ0) is 32.7. The van der Waals surface area contributed by atoms with Crippen molar-refractivity contribution in [1.29, 1.82) is 0 Å². The molecule has 2 rings (SSSR count). The first-order valence-corrected chi connectivity index (χ1v) is 17.2. The molecule has 0 unspecified atom stereocenters. The Kier molecular flexibility index (Phi) is 9.53. The summed E-state index contributed by atoms with van der Waals surface area (Å²) in [6.45, 7) is -3.36. The molecule has 0 radical (unpaired) electrons. The fourth-order valence-corrected chi connectivity index (χ4v) is 6.00. The highest BCUT2D eigenvalue weighted by atomic mass is 32.2. The third-order valence-corrected chi connectivity index (χ3v) is 10.3. The fourth-order valence-electron chi connectivity index (χ4n) is 3.01. The molecular weight excluding hydrogens is 670 g/mol. The zero-order valence-electron chi connectivity index (χ0n) is 20.9. The van der Waals surface area contributed by atoms with E-state index in [1.807, 2.05) is 0 Å². The van der Waals surface area contributed by atoms with Gasteiger partial charge < -0.3 is 0 Å². The standard InChI is InChI=1S/C20H18F6N2O10S4/c1-39(31,32)15-7-3-13(4-8-15)11-27(41(35,36)19(21,22)23)17(29)18(30)28(42(37,38)20(24,25)26)12-14-5-9-16(10-6-14)40(2,33)34/h3-10H,11-12H2,1-2H3. The molecule has 2 aromatic rings. The molecule has 42 heavy (non-hydrogen) atoms. The Morgan fingerprint density at radius 2 is 0.786 bits per heavy atom. The van der Waals surface area contributed by atoms with Gasteiger partial charge in [-0.05, 0) is 35.4 Å². The van der Waals surface area contributed by atoms with Crippen LogP contribution in [-0.2, 0) is 62.4 Å². The van der Waals surface area contributed by atoms with Gasteiger partial charge in [-0.25, -0.2) is 25.4 Å². The maximum atomic E-state index is 13.4. The lowest BCUT2D eigenvalue weighted by atomic mass is 10.2. The van der Waals surface area contributed by atoms with Crippen LogP contribution in [0.25, 0.3) is 0 Å². The maximum Gasteiger partial charge on any atom is 0.516 e. The van der Waals surface area contributed by atoms with Gasteiger partial charge in [0.05, 0.1) is 22.9 Å². The van der Waals surface area contributed by atoms with Crippen LogP contribution in [0, 0.1) is 0 Å². The highest BCUT2D eigenvalue weighted by Gasteiger charge is 2.57. The van der Waals surface area contributed by atoms with Gasteiger partial charge in [0.25, 0.3) is 0 Å². The first kappa shape index (κ1) is 35.0. The van der Waals surface area contributed by atoms with Gasteiger partial charge >= 0.3 is 42.9 Å². The highest BCUT2D eigenvalue weighted by Crippen LogP contribution is 2.32. The van der Waals surface area contributed by atoms with Crippen molar-refractivity contribution in [2.45, 2.75) is 33.9 Å². The van der Waals surface area contributed by atoms with Crippen LogP contribution in [-0.4, -0.2) is 77.6 Å². The number of alkyl halides is 6. The van der Waals surface area contributed by atoms with Crippen LogP contribution < -0.4 is 0 Å². The molecule has 0 aliphatic rings. The maximum absolute atomic E-state index is 13.4. The average Bonchev–Trinajstić information content (AvgIpc) is 2.83. The van der Waals surface area contributed by atoms with Crippen molar-refractivity contribution in [3.05, 3.63) is 59.7 Å². The predicted octanol–water partition coefficient (Wildman–Crippen LogP) is 1.55. The Bertz CT molecular complexity index is 1670. The second-order valence-electron chi connectivity index (χ2n) is 8.36. The third-order valence-electron chi connectivity index (χ3n) is 5.16. The minimum Gasteiger partial charge on any atom is -0.262 e. The molecule has 0 aromatic heterocycles. The molecule has 0 aliphatic heterocycles. The van der Waals surface area contributed by atoms with E-state index in [1.165, 1.54) is 0 Å². The molecule has 0 atom stereocenters. The first-order valence-electron chi connectivity index (χ1n) is 10.6. The minimum absolute atomic E-state index is 0.400. The van der Waals surface area contributed by atoms with Crippen molar-refractivity contribution in [3.63, 3.8) is 0 Å². The molecule has 0 spiro atoms. The van der Waals surface area contributed by atoms with Crippen LogP contribution in [0.2, 0.25) is 0 Å². The summed E-state index contributed by atoms with van der Waals surface area (Å²) in [6, 6.07) is 6.10. The molecule has 0 bridgehead atoms.